The molecule has 0 saturated carbocycles. The van der Waals surface area contributed by atoms with Gasteiger partial charge in [-0.1, -0.05) is 0 Å². The van der Waals surface area contributed by atoms with Gasteiger partial charge in [0, 0.05) is 0 Å². The largest absolute Gasteiger partial charge is 6.00 e. The van der Waals surface area contributed by atoms with E-state index in [4.69, 9.17) is 38.5 Å². The summed E-state index contributed by atoms with van der Waals surface area (Å²) in [6.45, 7) is 0. The van der Waals surface area contributed by atoms with Gasteiger partial charge in [-0.2, -0.15) is 0 Å². The molecule has 0 saturated heterocycles. The van der Waals surface area contributed by atoms with Gasteiger partial charge in [-0.3, -0.25) is 0 Å². The molecule has 0 aromatic rings. The van der Waals surface area contributed by atoms with Gasteiger partial charge >= 0.3 is 45.2 Å². The second kappa shape index (κ2) is 6.71. The van der Waals surface area contributed by atoms with Gasteiger partial charge in [0.15, 0.2) is 0 Å². The van der Waals surface area contributed by atoms with E-state index in [-0.39, 0.29) is 29.6 Å². The molecule has 8 nitrogen and oxygen atoms in total. The summed E-state index contributed by atoms with van der Waals surface area (Å²) in [6, 6.07) is 0. The van der Waals surface area contributed by atoms with Crippen molar-refractivity contribution in [3.05, 3.63) is 0 Å². The molecule has 11 heteroatoms. The third kappa shape index (κ3) is 641. The van der Waals surface area contributed by atoms with Gasteiger partial charge < -0.3 is 29.4 Å². The van der Waals surface area contributed by atoms with Gasteiger partial charge in [-0.05, 0) is 0 Å². The average molecular weight is 219 g/mol. The van der Waals surface area contributed by atoms with E-state index in [2.05, 4.69) is 0 Å². The van der Waals surface area contributed by atoms with Crippen LogP contribution in [0.15, 0.2) is 0 Å². The molecule has 0 aliphatic carbocycles. The molecule has 0 aliphatic heterocycles. The molecule has 0 bridgehead atoms. The zero-order valence-corrected chi connectivity index (χ0v) is 9.18. The van der Waals surface area contributed by atoms with Crippen LogP contribution in [0.4, 0.5) is 0 Å². The normalized spacial score (nSPS) is 10.7. The van der Waals surface area contributed by atoms with E-state index in [1.54, 1.807) is 0 Å². The van der Waals surface area contributed by atoms with Gasteiger partial charge in [0.2, 0.25) is 0 Å². The van der Waals surface area contributed by atoms with Gasteiger partial charge in [-0.15, -0.1) is 0 Å². The molecule has 0 fully saturated rings. The Morgan fingerprint density at radius 1 is 0.636 bits per heavy atom. The molecular weight excluding hydrogens is 213 g/mol. The topological polar surface area (TPSA) is 156 Å². The fourth-order valence-corrected chi connectivity index (χ4v) is 0. The zero-order valence-electron chi connectivity index (χ0n) is 5.39. The fourth-order valence-electron chi connectivity index (χ4n) is 0. The van der Waals surface area contributed by atoms with Crippen LogP contribution >= 0.6 is 15.6 Å². The van der Waals surface area contributed by atoms with Crippen molar-refractivity contribution in [3.8, 4) is 0 Å². The molecule has 0 heterocycles. The van der Waals surface area contributed by atoms with E-state index in [9.17, 15) is 0 Å². The minimum atomic E-state index is -4.64. The van der Waals surface area contributed by atoms with E-state index in [0.29, 0.717) is 0 Å². The second-order valence-corrected chi connectivity index (χ2v) is 3.08. The standard InChI is InChI=1S/Na.2H3O4P/c;2*1-5(2,3)4/h;2*(H3,1,2,3,4)/q+6;;. The summed E-state index contributed by atoms with van der Waals surface area (Å²) >= 11 is 0. The molecule has 6 N–H and O–H groups in total. The van der Waals surface area contributed by atoms with Crippen LogP contribution in [0.25, 0.3) is 0 Å². The summed E-state index contributed by atoms with van der Waals surface area (Å²) in [6.07, 6.45) is 0. The molecule has 0 aromatic carbocycles. The van der Waals surface area contributed by atoms with Gasteiger partial charge in [0.25, 0.3) is 0 Å². The van der Waals surface area contributed by atoms with E-state index >= 15 is 0 Å². The molecule has 0 spiro atoms. The molecule has 0 unspecified atom stereocenters. The summed E-state index contributed by atoms with van der Waals surface area (Å²) in [7, 11) is -9.28. The quantitative estimate of drug-likeness (QED) is 0.197. The minimum absolute atomic E-state index is 0. The fraction of sp³-hybridized carbons (Fsp3) is 0. The van der Waals surface area contributed by atoms with Crippen LogP contribution in [0.5, 0.6) is 0 Å². The Bertz CT molecular complexity index is 124. The van der Waals surface area contributed by atoms with Crippen molar-refractivity contribution < 1.29 is 38.5 Å². The summed E-state index contributed by atoms with van der Waals surface area (Å²) < 4.78 is 17.8. The summed E-state index contributed by atoms with van der Waals surface area (Å²) in [5, 5.41) is 0. The molecule has 59 valence electrons. The maximum Gasteiger partial charge on any atom is 6.00 e. The maximum absolute atomic E-state index is 8.88. The predicted octanol–water partition coefficient (Wildman–Crippen LogP) is -2.24. The minimum Gasteiger partial charge on any atom is -0.303 e. The van der Waals surface area contributed by atoms with Crippen molar-refractivity contribution >= 4 is 45.2 Å². The molecule has 0 amide bonds. The van der Waals surface area contributed by atoms with Gasteiger partial charge in [0.1, 0.15) is 0 Å². The Balaban J connectivity index is -0.000000107. The Morgan fingerprint density at radius 3 is 0.636 bits per heavy atom. The first-order valence-electron chi connectivity index (χ1n) is 1.57. The summed E-state index contributed by atoms with van der Waals surface area (Å²) in [5.41, 5.74) is 0. The number of hydrogen-bond donors (Lipinski definition) is 6. The first-order valence-corrected chi connectivity index (χ1v) is 4.70. The molecule has 13 radical (unpaired) electrons. The first kappa shape index (κ1) is 18.1. The molecule has 0 atom stereocenters. The van der Waals surface area contributed by atoms with Crippen LogP contribution < -0.4 is 0 Å². The first-order chi connectivity index (χ1) is 4.00. The van der Waals surface area contributed by atoms with E-state index in [1.165, 1.54) is 0 Å². The monoisotopic (exact) mass is 219 g/mol. The number of rotatable bonds is 0. The van der Waals surface area contributed by atoms with Crippen LogP contribution in [-0.4, -0.2) is 58.9 Å². The molecule has 0 aromatic heterocycles. The Kier molecular flexibility index (Phi) is 11.0. The predicted molar refractivity (Wildman–Crippen MR) is 34.3 cm³/mol. The zero-order chi connectivity index (χ0) is 9.00. The molecule has 0 aliphatic rings. The second-order valence-electron chi connectivity index (χ2n) is 1.03. The van der Waals surface area contributed by atoms with Gasteiger partial charge in [0.05, 0.1) is 0 Å². The Labute approximate surface area is 83.7 Å². The van der Waals surface area contributed by atoms with Crippen LogP contribution in [0.1, 0.15) is 0 Å². The van der Waals surface area contributed by atoms with Crippen LogP contribution in [0, 0.1) is 0 Å². The van der Waals surface area contributed by atoms with Crippen molar-refractivity contribution in [2.24, 2.45) is 0 Å². The number of phosphoric acid groups is 2. The Morgan fingerprint density at radius 2 is 0.636 bits per heavy atom. The van der Waals surface area contributed by atoms with Crippen molar-refractivity contribution in [1.29, 1.82) is 0 Å². The van der Waals surface area contributed by atoms with E-state index in [0.717, 1.165) is 0 Å². The molecule has 11 heavy (non-hydrogen) atoms. The van der Waals surface area contributed by atoms with Crippen LogP contribution in [-0.2, 0) is 9.13 Å². The van der Waals surface area contributed by atoms with Crippen molar-refractivity contribution in [2.45, 2.75) is 0 Å². The van der Waals surface area contributed by atoms with E-state index in [1.807, 2.05) is 0 Å². The smallest absolute Gasteiger partial charge is 0.303 e. The van der Waals surface area contributed by atoms with Gasteiger partial charge in [-0.25, -0.2) is 9.13 Å². The third-order valence-corrected chi connectivity index (χ3v) is 0. The number of hydrogen-bond acceptors (Lipinski definition) is 2. The molecular formula is H6NaO8P2+6. The summed E-state index contributed by atoms with van der Waals surface area (Å²) in [4.78, 5) is 43.1. The summed E-state index contributed by atoms with van der Waals surface area (Å²) in [5.74, 6) is 0. The van der Waals surface area contributed by atoms with Crippen molar-refractivity contribution in [1.82, 2.24) is 0 Å². The van der Waals surface area contributed by atoms with Crippen molar-refractivity contribution in [2.75, 3.05) is 0 Å². The van der Waals surface area contributed by atoms with E-state index < -0.39 is 15.6 Å². The van der Waals surface area contributed by atoms with Crippen LogP contribution in [0.3, 0.4) is 0 Å². The maximum atomic E-state index is 8.88. The third-order valence-electron chi connectivity index (χ3n) is 0. The average Bonchev–Trinajstić information content (AvgIpc) is 1.12. The van der Waals surface area contributed by atoms with Crippen molar-refractivity contribution in [3.63, 3.8) is 0 Å². The Hall–Kier alpha value is 1.22. The molecule has 0 rings (SSSR count). The van der Waals surface area contributed by atoms with Crippen LogP contribution in [0.2, 0.25) is 0 Å². The SMILES string of the molecule is O=P(O)(O)O.O=P(O)(O)O.[Na+6].